The third-order valence-corrected chi connectivity index (χ3v) is 7.16. The minimum Gasteiger partial charge on any atom is -0.486 e. The highest BCUT2D eigenvalue weighted by atomic mass is 32.1. The lowest BCUT2D eigenvalue weighted by atomic mass is 10.0. The van der Waals surface area contributed by atoms with Gasteiger partial charge in [0.05, 0.1) is 11.4 Å². The number of para-hydroxylation sites is 1. The summed E-state index contributed by atoms with van der Waals surface area (Å²) in [6.07, 6.45) is 7.61. The summed E-state index contributed by atoms with van der Waals surface area (Å²) in [6.45, 7) is 2.26. The molecule has 2 aromatic heterocycles. The molecule has 0 spiro atoms. The van der Waals surface area contributed by atoms with Crippen molar-refractivity contribution in [3.05, 3.63) is 40.5 Å². The maximum Gasteiger partial charge on any atom is 0.166 e. The minimum atomic E-state index is 0.275. The molecule has 1 unspecified atom stereocenters. The van der Waals surface area contributed by atoms with E-state index in [1.54, 1.807) is 6.33 Å². The normalized spacial score (nSPS) is 21.0. The van der Waals surface area contributed by atoms with Gasteiger partial charge in [0.25, 0.3) is 0 Å². The van der Waals surface area contributed by atoms with E-state index in [2.05, 4.69) is 22.0 Å². The fourth-order valence-corrected chi connectivity index (χ4v) is 6.06. The van der Waals surface area contributed by atoms with Crippen LogP contribution in [-0.4, -0.2) is 29.7 Å². The smallest absolute Gasteiger partial charge is 0.166 e. The molecule has 6 rings (SSSR count). The first-order valence-corrected chi connectivity index (χ1v) is 10.6. The van der Waals surface area contributed by atoms with Crippen molar-refractivity contribution in [2.24, 2.45) is 0 Å². The second kappa shape index (κ2) is 6.09. The molecule has 0 amide bonds. The van der Waals surface area contributed by atoms with Gasteiger partial charge in [0.2, 0.25) is 0 Å². The third kappa shape index (κ3) is 2.35. The Hall–Kier alpha value is -2.34. The predicted molar refractivity (Wildman–Crippen MR) is 106 cm³/mol. The monoisotopic (exact) mass is 379 g/mol. The van der Waals surface area contributed by atoms with Crippen molar-refractivity contribution >= 4 is 27.4 Å². The van der Waals surface area contributed by atoms with Gasteiger partial charge in [-0.05, 0) is 43.7 Å². The number of fused-ring (bicyclic) bond motifs is 4. The number of rotatable bonds is 2. The molecule has 1 aliphatic carbocycles. The van der Waals surface area contributed by atoms with E-state index in [-0.39, 0.29) is 6.04 Å². The summed E-state index contributed by atoms with van der Waals surface area (Å²) in [6, 6.07) is 6.55. The van der Waals surface area contributed by atoms with Crippen LogP contribution in [0.3, 0.4) is 0 Å². The number of aromatic nitrogens is 2. The van der Waals surface area contributed by atoms with Crippen LogP contribution >= 0.6 is 11.3 Å². The summed E-state index contributed by atoms with van der Waals surface area (Å²) in [5.74, 6) is 2.90. The molecule has 138 valence electrons. The second-order valence-corrected chi connectivity index (χ2v) is 8.54. The zero-order valence-corrected chi connectivity index (χ0v) is 15.9. The van der Waals surface area contributed by atoms with Crippen molar-refractivity contribution in [1.82, 2.24) is 9.97 Å². The molecule has 0 bridgehead atoms. The zero-order valence-electron chi connectivity index (χ0n) is 15.1. The molecule has 2 aliphatic heterocycles. The van der Waals surface area contributed by atoms with Crippen LogP contribution in [0.15, 0.2) is 24.5 Å². The molecule has 1 fully saturated rings. The van der Waals surface area contributed by atoms with Gasteiger partial charge >= 0.3 is 0 Å². The van der Waals surface area contributed by atoms with Gasteiger partial charge in [-0.1, -0.05) is 12.1 Å². The molecule has 3 aliphatic rings. The van der Waals surface area contributed by atoms with E-state index in [0.717, 1.165) is 48.0 Å². The lowest BCUT2D eigenvalue weighted by molar-refractivity contribution is 0.169. The molecule has 6 heteroatoms. The van der Waals surface area contributed by atoms with Crippen LogP contribution in [0.4, 0.5) is 5.82 Å². The number of anilines is 1. The van der Waals surface area contributed by atoms with Crippen molar-refractivity contribution in [2.75, 3.05) is 24.7 Å². The molecule has 0 saturated carbocycles. The number of benzene rings is 1. The van der Waals surface area contributed by atoms with Gasteiger partial charge in [0.1, 0.15) is 30.2 Å². The second-order valence-electron chi connectivity index (χ2n) is 7.46. The molecule has 4 heterocycles. The first-order chi connectivity index (χ1) is 13.4. The van der Waals surface area contributed by atoms with E-state index < -0.39 is 0 Å². The Morgan fingerprint density at radius 3 is 3.04 bits per heavy atom. The molecular formula is C21H21N3O2S. The molecule has 1 atom stereocenters. The molecule has 1 aromatic carbocycles. The minimum absolute atomic E-state index is 0.275. The Morgan fingerprint density at radius 1 is 1.07 bits per heavy atom. The van der Waals surface area contributed by atoms with Crippen LogP contribution in [0.2, 0.25) is 0 Å². The van der Waals surface area contributed by atoms with Crippen LogP contribution in [0.5, 0.6) is 11.5 Å². The molecule has 0 N–H and O–H groups in total. The van der Waals surface area contributed by atoms with Gasteiger partial charge in [0.15, 0.2) is 11.5 Å². The lowest BCUT2D eigenvalue weighted by Gasteiger charge is -2.30. The topological polar surface area (TPSA) is 47.5 Å². The predicted octanol–water partition coefficient (Wildman–Crippen LogP) is 4.29. The lowest BCUT2D eigenvalue weighted by Crippen LogP contribution is -2.25. The van der Waals surface area contributed by atoms with Gasteiger partial charge in [-0.15, -0.1) is 11.3 Å². The summed E-state index contributed by atoms with van der Waals surface area (Å²) in [4.78, 5) is 14.5. The Kier molecular flexibility index (Phi) is 3.54. The SMILES string of the molecule is c1cc2c(c(C3CCCN3c3ncnc4sc5c(c34)CCC5)c1)OCCO2. The van der Waals surface area contributed by atoms with E-state index in [9.17, 15) is 0 Å². The molecule has 27 heavy (non-hydrogen) atoms. The standard InChI is InChI=1S/C21H21N3O2S/c1-4-13(19-16(7-1)25-10-11-26-19)15-6-3-9-24(15)20-18-14-5-2-8-17(14)27-21(18)23-12-22-20/h1,4,7,12,15H,2-3,5-6,8-11H2. The average molecular weight is 379 g/mol. The van der Waals surface area contributed by atoms with Gasteiger partial charge in [0, 0.05) is 17.0 Å². The summed E-state index contributed by atoms with van der Waals surface area (Å²) in [7, 11) is 0. The van der Waals surface area contributed by atoms with Gasteiger partial charge in [-0.2, -0.15) is 0 Å². The Labute approximate surface area is 162 Å². The highest BCUT2D eigenvalue weighted by Crippen LogP contribution is 2.47. The van der Waals surface area contributed by atoms with Crippen LogP contribution in [0.25, 0.3) is 10.2 Å². The molecule has 1 saturated heterocycles. The molecule has 3 aromatic rings. The van der Waals surface area contributed by atoms with Crippen molar-refractivity contribution in [3.8, 4) is 11.5 Å². The fourth-order valence-electron chi connectivity index (χ4n) is 4.83. The van der Waals surface area contributed by atoms with Crippen LogP contribution in [-0.2, 0) is 12.8 Å². The number of ether oxygens (including phenoxy) is 2. The summed E-state index contributed by atoms with van der Waals surface area (Å²) in [5.41, 5.74) is 2.72. The maximum absolute atomic E-state index is 6.02. The van der Waals surface area contributed by atoms with E-state index >= 15 is 0 Å². The number of hydrogen-bond acceptors (Lipinski definition) is 6. The molecule has 5 nitrogen and oxygen atoms in total. The number of aryl methyl sites for hydroxylation is 2. The highest BCUT2D eigenvalue weighted by Gasteiger charge is 2.34. The first-order valence-electron chi connectivity index (χ1n) is 9.80. The summed E-state index contributed by atoms with van der Waals surface area (Å²) >= 11 is 1.86. The zero-order chi connectivity index (χ0) is 17.8. The summed E-state index contributed by atoms with van der Waals surface area (Å²) < 4.78 is 11.8. The Bertz CT molecular complexity index is 1030. The highest BCUT2D eigenvalue weighted by molar-refractivity contribution is 7.19. The van der Waals surface area contributed by atoms with Gasteiger partial charge < -0.3 is 14.4 Å². The van der Waals surface area contributed by atoms with Crippen LogP contribution in [0.1, 0.15) is 41.3 Å². The fraction of sp³-hybridized carbons (Fsp3) is 0.429. The number of thiophene rings is 1. The van der Waals surface area contributed by atoms with E-state index in [1.165, 1.54) is 34.2 Å². The third-order valence-electron chi connectivity index (χ3n) is 5.96. The molecular weight excluding hydrogens is 358 g/mol. The largest absolute Gasteiger partial charge is 0.486 e. The van der Waals surface area contributed by atoms with Crippen molar-refractivity contribution in [1.29, 1.82) is 0 Å². The quantitative estimate of drug-likeness (QED) is 0.665. The number of hydrogen-bond donors (Lipinski definition) is 0. The van der Waals surface area contributed by atoms with Crippen LogP contribution < -0.4 is 14.4 Å². The van der Waals surface area contributed by atoms with Crippen molar-refractivity contribution < 1.29 is 9.47 Å². The Balaban J connectivity index is 1.48. The summed E-state index contributed by atoms with van der Waals surface area (Å²) in [5, 5.41) is 1.30. The molecule has 0 radical (unpaired) electrons. The number of nitrogens with zero attached hydrogens (tertiary/aromatic N) is 3. The van der Waals surface area contributed by atoms with E-state index in [0.29, 0.717) is 13.2 Å². The van der Waals surface area contributed by atoms with E-state index in [1.807, 2.05) is 17.4 Å². The Morgan fingerprint density at radius 2 is 2.04 bits per heavy atom. The van der Waals surface area contributed by atoms with Gasteiger partial charge in [-0.25, -0.2) is 9.97 Å². The van der Waals surface area contributed by atoms with Crippen molar-refractivity contribution in [3.63, 3.8) is 0 Å². The maximum atomic E-state index is 6.02. The van der Waals surface area contributed by atoms with E-state index in [4.69, 9.17) is 14.5 Å². The first kappa shape index (κ1) is 15.7. The van der Waals surface area contributed by atoms with Crippen molar-refractivity contribution in [2.45, 2.75) is 38.1 Å². The van der Waals surface area contributed by atoms with Crippen LogP contribution in [0, 0.1) is 0 Å². The average Bonchev–Trinajstić information content (AvgIpc) is 3.42. The van der Waals surface area contributed by atoms with Gasteiger partial charge in [-0.3, -0.25) is 0 Å².